The molecule has 0 unspecified atom stereocenters. The predicted molar refractivity (Wildman–Crippen MR) is 87.5 cm³/mol. The van der Waals surface area contributed by atoms with Crippen LogP contribution in [0.4, 0.5) is 18.9 Å². The van der Waals surface area contributed by atoms with Gasteiger partial charge < -0.3 is 0 Å². The van der Waals surface area contributed by atoms with Crippen molar-refractivity contribution in [3.63, 3.8) is 0 Å². The molecule has 3 nitrogen and oxygen atoms in total. The number of sulfonamides is 1. The first kappa shape index (κ1) is 18.3. The molecule has 0 amide bonds. The van der Waals surface area contributed by atoms with Crippen molar-refractivity contribution in [1.29, 1.82) is 0 Å². The van der Waals surface area contributed by atoms with E-state index >= 15 is 0 Å². The minimum atomic E-state index is -4.50. The van der Waals surface area contributed by atoms with Crippen LogP contribution in [-0.2, 0) is 22.6 Å². The number of hydrogen-bond acceptors (Lipinski definition) is 2. The summed E-state index contributed by atoms with van der Waals surface area (Å²) < 4.78 is 63.9. The van der Waals surface area contributed by atoms with Crippen LogP contribution in [0.15, 0.2) is 53.4 Å². The number of anilines is 1. The zero-order chi connectivity index (χ0) is 18.0. The Balaban J connectivity index is 2.28. The number of nitrogens with zero attached hydrogens (tertiary/aromatic N) is 1. The maximum absolute atomic E-state index is 12.6. The van der Waals surface area contributed by atoms with Crippen LogP contribution in [0.2, 0.25) is 0 Å². The van der Waals surface area contributed by atoms with Gasteiger partial charge in [0, 0.05) is 7.05 Å². The van der Waals surface area contributed by atoms with E-state index in [2.05, 4.69) is 6.92 Å². The Labute approximate surface area is 139 Å². The largest absolute Gasteiger partial charge is 0.416 e. The van der Waals surface area contributed by atoms with Gasteiger partial charge in [-0.05, 0) is 48.4 Å². The third-order valence-corrected chi connectivity index (χ3v) is 5.48. The monoisotopic (exact) mass is 357 g/mol. The van der Waals surface area contributed by atoms with Crippen LogP contribution in [0, 0.1) is 0 Å². The van der Waals surface area contributed by atoms with E-state index in [4.69, 9.17) is 0 Å². The minimum absolute atomic E-state index is 0.185. The third kappa shape index (κ3) is 3.90. The van der Waals surface area contributed by atoms with E-state index in [0.29, 0.717) is 5.69 Å². The van der Waals surface area contributed by atoms with Gasteiger partial charge in [0.05, 0.1) is 16.1 Å². The molecule has 0 aliphatic heterocycles. The lowest BCUT2D eigenvalue weighted by atomic mass is 10.1. The number of alkyl halides is 3. The summed E-state index contributed by atoms with van der Waals surface area (Å²) in [6.07, 6.45) is -2.61. The molecule has 0 saturated carbocycles. The molecule has 0 fully saturated rings. The molecule has 0 saturated heterocycles. The molecule has 0 bridgehead atoms. The van der Waals surface area contributed by atoms with E-state index in [-0.39, 0.29) is 4.90 Å². The molecule has 0 aliphatic rings. The standard InChI is InChI=1S/C17H18F3NO2S/c1-3-4-13-5-9-15(10-6-13)21(2)24(22,23)16-11-7-14(8-12-16)17(18,19)20/h5-12H,3-4H2,1-2H3. The maximum Gasteiger partial charge on any atom is 0.416 e. The topological polar surface area (TPSA) is 37.4 Å². The molecule has 0 N–H and O–H groups in total. The van der Waals surface area contributed by atoms with Crippen LogP contribution >= 0.6 is 0 Å². The van der Waals surface area contributed by atoms with Gasteiger partial charge >= 0.3 is 6.18 Å². The lowest BCUT2D eigenvalue weighted by Gasteiger charge is -2.20. The van der Waals surface area contributed by atoms with Crippen molar-refractivity contribution in [1.82, 2.24) is 0 Å². The molecular weight excluding hydrogens is 339 g/mol. The quantitative estimate of drug-likeness (QED) is 0.791. The summed E-state index contributed by atoms with van der Waals surface area (Å²) in [5.74, 6) is 0. The van der Waals surface area contributed by atoms with E-state index < -0.39 is 21.8 Å². The van der Waals surface area contributed by atoms with Gasteiger partial charge in [0.25, 0.3) is 10.0 Å². The normalized spacial score (nSPS) is 12.2. The van der Waals surface area contributed by atoms with Gasteiger partial charge in [-0.25, -0.2) is 8.42 Å². The van der Waals surface area contributed by atoms with Crippen molar-refractivity contribution in [3.8, 4) is 0 Å². The van der Waals surface area contributed by atoms with E-state index in [9.17, 15) is 21.6 Å². The van der Waals surface area contributed by atoms with Crippen molar-refractivity contribution < 1.29 is 21.6 Å². The van der Waals surface area contributed by atoms with Crippen molar-refractivity contribution in [3.05, 3.63) is 59.7 Å². The molecular formula is C17H18F3NO2S. The Hall–Kier alpha value is -2.02. The smallest absolute Gasteiger partial charge is 0.269 e. The van der Waals surface area contributed by atoms with Crippen LogP contribution in [-0.4, -0.2) is 15.5 Å². The molecule has 2 aromatic rings. The Morgan fingerprint density at radius 3 is 1.96 bits per heavy atom. The Morgan fingerprint density at radius 2 is 1.50 bits per heavy atom. The second-order valence-corrected chi connectivity index (χ2v) is 7.38. The SMILES string of the molecule is CCCc1ccc(N(C)S(=O)(=O)c2ccc(C(F)(F)F)cc2)cc1. The number of hydrogen-bond donors (Lipinski definition) is 0. The molecule has 0 heterocycles. The van der Waals surface area contributed by atoms with E-state index in [0.717, 1.165) is 47.0 Å². The van der Waals surface area contributed by atoms with Gasteiger partial charge in [-0.15, -0.1) is 0 Å². The van der Waals surface area contributed by atoms with Gasteiger partial charge in [-0.1, -0.05) is 25.5 Å². The number of halogens is 3. The summed E-state index contributed by atoms with van der Waals surface area (Å²) in [5, 5.41) is 0. The van der Waals surface area contributed by atoms with Crippen molar-refractivity contribution in [2.24, 2.45) is 0 Å². The minimum Gasteiger partial charge on any atom is -0.269 e. The maximum atomic E-state index is 12.6. The van der Waals surface area contributed by atoms with Gasteiger partial charge in [0.15, 0.2) is 0 Å². The molecule has 0 spiro atoms. The fourth-order valence-electron chi connectivity index (χ4n) is 2.27. The summed E-state index contributed by atoms with van der Waals surface area (Å²) in [4.78, 5) is -0.185. The Morgan fingerprint density at radius 1 is 0.958 bits per heavy atom. The van der Waals surface area contributed by atoms with Gasteiger partial charge in [-0.2, -0.15) is 13.2 Å². The van der Waals surface area contributed by atoms with Gasteiger partial charge in [0.1, 0.15) is 0 Å². The van der Waals surface area contributed by atoms with E-state index in [1.54, 1.807) is 12.1 Å². The average molecular weight is 357 g/mol. The first-order valence-corrected chi connectivity index (χ1v) is 8.85. The van der Waals surface area contributed by atoms with Gasteiger partial charge in [-0.3, -0.25) is 4.31 Å². The van der Waals surface area contributed by atoms with Crippen molar-refractivity contribution >= 4 is 15.7 Å². The lowest BCUT2D eigenvalue weighted by Crippen LogP contribution is -2.26. The fraction of sp³-hybridized carbons (Fsp3) is 0.294. The zero-order valence-electron chi connectivity index (χ0n) is 13.3. The predicted octanol–water partition coefficient (Wildman–Crippen LogP) is 4.48. The Kier molecular flexibility index (Phi) is 5.22. The summed E-state index contributed by atoms with van der Waals surface area (Å²) in [7, 11) is -2.54. The van der Waals surface area contributed by atoms with Gasteiger partial charge in [0.2, 0.25) is 0 Å². The average Bonchev–Trinajstić information content (AvgIpc) is 2.54. The zero-order valence-corrected chi connectivity index (χ0v) is 14.2. The molecule has 0 aromatic heterocycles. The first-order chi connectivity index (χ1) is 11.2. The first-order valence-electron chi connectivity index (χ1n) is 7.41. The lowest BCUT2D eigenvalue weighted by molar-refractivity contribution is -0.137. The van der Waals surface area contributed by atoms with Crippen LogP contribution in [0.1, 0.15) is 24.5 Å². The molecule has 0 atom stereocenters. The second-order valence-electron chi connectivity index (χ2n) is 5.41. The van der Waals surface area contributed by atoms with Crippen LogP contribution in [0.25, 0.3) is 0 Å². The highest BCUT2D eigenvalue weighted by Gasteiger charge is 2.31. The summed E-state index contributed by atoms with van der Waals surface area (Å²) in [5.41, 5.74) is 0.671. The Bertz CT molecular complexity index is 782. The highest BCUT2D eigenvalue weighted by atomic mass is 32.2. The molecule has 130 valence electrons. The second kappa shape index (κ2) is 6.84. The van der Waals surface area contributed by atoms with E-state index in [1.807, 2.05) is 12.1 Å². The summed E-state index contributed by atoms with van der Waals surface area (Å²) in [6, 6.07) is 10.5. The number of rotatable bonds is 5. The highest BCUT2D eigenvalue weighted by molar-refractivity contribution is 7.92. The summed E-state index contributed by atoms with van der Waals surface area (Å²) in [6.45, 7) is 2.05. The molecule has 0 aliphatic carbocycles. The van der Waals surface area contributed by atoms with Crippen LogP contribution in [0.5, 0.6) is 0 Å². The van der Waals surface area contributed by atoms with E-state index in [1.165, 1.54) is 7.05 Å². The molecule has 24 heavy (non-hydrogen) atoms. The molecule has 0 radical (unpaired) electrons. The number of aryl methyl sites for hydroxylation is 1. The fourth-order valence-corrected chi connectivity index (χ4v) is 3.47. The van der Waals surface area contributed by atoms with Crippen LogP contribution in [0.3, 0.4) is 0 Å². The highest BCUT2D eigenvalue weighted by Crippen LogP contribution is 2.30. The molecule has 7 heteroatoms. The summed E-state index contributed by atoms with van der Waals surface area (Å²) >= 11 is 0. The number of benzene rings is 2. The molecule has 2 aromatic carbocycles. The van der Waals surface area contributed by atoms with Crippen LogP contribution < -0.4 is 4.31 Å². The van der Waals surface area contributed by atoms with Crippen molar-refractivity contribution in [2.45, 2.75) is 30.8 Å². The third-order valence-electron chi connectivity index (χ3n) is 3.68. The molecule has 2 rings (SSSR count). The van der Waals surface area contributed by atoms with Crippen molar-refractivity contribution in [2.75, 3.05) is 11.4 Å².